The summed E-state index contributed by atoms with van der Waals surface area (Å²) in [5, 5.41) is 7.84. The molecule has 20 heavy (non-hydrogen) atoms. The van der Waals surface area contributed by atoms with E-state index in [2.05, 4.69) is 14.8 Å². The Hall–Kier alpha value is -1.62. The lowest BCUT2D eigenvalue weighted by molar-refractivity contribution is 0.273. The van der Waals surface area contributed by atoms with E-state index in [9.17, 15) is 0 Å². The molecule has 3 N–H and O–H groups in total. The van der Waals surface area contributed by atoms with Crippen LogP contribution in [-0.4, -0.2) is 47.9 Å². The van der Waals surface area contributed by atoms with Gasteiger partial charge in [0.25, 0.3) is 0 Å². The maximum absolute atomic E-state index is 7.84. The first-order chi connectivity index (χ1) is 9.66. The topological polar surface area (TPSA) is 69.2 Å². The molecule has 0 bridgehead atoms. The fraction of sp³-hybridized carbons (Fsp3) is 0.600. The van der Waals surface area contributed by atoms with Crippen LogP contribution in [0.4, 0.5) is 5.82 Å². The summed E-state index contributed by atoms with van der Waals surface area (Å²) in [5.41, 5.74) is 7.62. The van der Waals surface area contributed by atoms with Crippen LogP contribution in [0.3, 0.4) is 0 Å². The van der Waals surface area contributed by atoms with Gasteiger partial charge in [0.1, 0.15) is 11.7 Å². The molecule has 2 aliphatic heterocycles. The van der Waals surface area contributed by atoms with Crippen LogP contribution in [0.25, 0.3) is 0 Å². The van der Waals surface area contributed by atoms with Gasteiger partial charge in [-0.3, -0.25) is 10.3 Å². The lowest BCUT2D eigenvalue weighted by Gasteiger charge is -2.28. The van der Waals surface area contributed by atoms with Crippen LogP contribution < -0.4 is 10.6 Å². The Morgan fingerprint density at radius 3 is 2.95 bits per heavy atom. The van der Waals surface area contributed by atoms with E-state index in [0.29, 0.717) is 6.04 Å². The standard InChI is InChI=1S/C15H23N5/c1-11-5-6-18-15(13(11)14(16)17)20-9-3-8-19-7-2-4-12(19)10-20/h5-6,12H,2-4,7-10H2,1H3,(H3,16,17). The predicted molar refractivity (Wildman–Crippen MR) is 81.4 cm³/mol. The summed E-state index contributed by atoms with van der Waals surface area (Å²) < 4.78 is 0. The lowest BCUT2D eigenvalue weighted by Crippen LogP contribution is -2.38. The summed E-state index contributed by atoms with van der Waals surface area (Å²) in [7, 11) is 0. The highest BCUT2D eigenvalue weighted by molar-refractivity contribution is 6.01. The molecule has 3 heterocycles. The van der Waals surface area contributed by atoms with Gasteiger partial charge in [-0.25, -0.2) is 4.98 Å². The average molecular weight is 273 g/mol. The van der Waals surface area contributed by atoms with Crippen LogP contribution in [0, 0.1) is 12.3 Å². The van der Waals surface area contributed by atoms with E-state index in [4.69, 9.17) is 11.1 Å². The third kappa shape index (κ3) is 2.38. The van der Waals surface area contributed by atoms with Crippen molar-refractivity contribution in [2.45, 2.75) is 32.2 Å². The molecular weight excluding hydrogens is 250 g/mol. The molecule has 1 atom stereocenters. The van der Waals surface area contributed by atoms with Crippen LogP contribution in [0.1, 0.15) is 30.4 Å². The lowest BCUT2D eigenvalue weighted by atomic mass is 10.1. The maximum Gasteiger partial charge on any atom is 0.139 e. The minimum Gasteiger partial charge on any atom is -0.384 e. The fourth-order valence-corrected chi connectivity index (χ4v) is 3.52. The first-order valence-electron chi connectivity index (χ1n) is 7.46. The quantitative estimate of drug-likeness (QED) is 0.630. The molecule has 0 spiro atoms. The van der Waals surface area contributed by atoms with Crippen molar-refractivity contribution in [1.82, 2.24) is 9.88 Å². The number of hydrogen-bond donors (Lipinski definition) is 2. The van der Waals surface area contributed by atoms with Gasteiger partial charge in [-0.05, 0) is 44.4 Å². The Balaban J connectivity index is 1.92. The normalized spacial score (nSPS) is 23.4. The van der Waals surface area contributed by atoms with Crippen molar-refractivity contribution in [1.29, 1.82) is 5.41 Å². The molecule has 0 saturated carbocycles. The van der Waals surface area contributed by atoms with Gasteiger partial charge in [-0.2, -0.15) is 0 Å². The monoisotopic (exact) mass is 273 g/mol. The van der Waals surface area contributed by atoms with Gasteiger partial charge in [-0.15, -0.1) is 0 Å². The van der Waals surface area contributed by atoms with Gasteiger partial charge in [0.05, 0.1) is 5.56 Å². The highest BCUT2D eigenvalue weighted by Gasteiger charge is 2.30. The van der Waals surface area contributed by atoms with E-state index in [0.717, 1.165) is 36.5 Å². The first kappa shape index (κ1) is 13.4. The average Bonchev–Trinajstić information content (AvgIpc) is 2.75. The molecule has 3 rings (SSSR count). The molecule has 0 aromatic carbocycles. The number of rotatable bonds is 2. The molecule has 0 amide bonds. The highest BCUT2D eigenvalue weighted by atomic mass is 15.3. The van der Waals surface area contributed by atoms with Crippen LogP contribution in [0.15, 0.2) is 12.3 Å². The van der Waals surface area contributed by atoms with Crippen molar-refractivity contribution in [3.8, 4) is 0 Å². The van der Waals surface area contributed by atoms with Gasteiger partial charge in [0, 0.05) is 31.9 Å². The van der Waals surface area contributed by atoms with Crippen molar-refractivity contribution in [2.24, 2.45) is 5.73 Å². The number of fused-ring (bicyclic) bond motifs is 1. The fourth-order valence-electron chi connectivity index (χ4n) is 3.52. The smallest absolute Gasteiger partial charge is 0.139 e. The van der Waals surface area contributed by atoms with E-state index in [1.165, 1.54) is 25.9 Å². The van der Waals surface area contributed by atoms with Crippen molar-refractivity contribution in [3.63, 3.8) is 0 Å². The minimum atomic E-state index is 0.123. The third-order valence-electron chi connectivity index (χ3n) is 4.51. The van der Waals surface area contributed by atoms with E-state index >= 15 is 0 Å². The number of anilines is 1. The van der Waals surface area contributed by atoms with Crippen molar-refractivity contribution >= 4 is 11.7 Å². The summed E-state index contributed by atoms with van der Waals surface area (Å²) >= 11 is 0. The van der Waals surface area contributed by atoms with Crippen LogP contribution in [0.2, 0.25) is 0 Å². The molecule has 1 aromatic rings. The zero-order valence-corrected chi connectivity index (χ0v) is 12.1. The molecule has 108 valence electrons. The number of pyridine rings is 1. The van der Waals surface area contributed by atoms with E-state index in [1.54, 1.807) is 0 Å². The third-order valence-corrected chi connectivity index (χ3v) is 4.51. The molecule has 0 aliphatic carbocycles. The molecule has 1 unspecified atom stereocenters. The zero-order chi connectivity index (χ0) is 14.1. The van der Waals surface area contributed by atoms with Gasteiger partial charge in [-0.1, -0.05) is 0 Å². The second-order valence-corrected chi connectivity index (χ2v) is 5.87. The largest absolute Gasteiger partial charge is 0.384 e. The predicted octanol–water partition coefficient (Wildman–Crippen LogP) is 1.35. The van der Waals surface area contributed by atoms with Gasteiger partial charge in [0.15, 0.2) is 0 Å². The minimum absolute atomic E-state index is 0.123. The van der Waals surface area contributed by atoms with E-state index in [1.807, 2.05) is 19.2 Å². The number of nitrogens with two attached hydrogens (primary N) is 1. The Kier molecular flexibility index (Phi) is 3.61. The van der Waals surface area contributed by atoms with Gasteiger partial charge in [0.2, 0.25) is 0 Å². The molecule has 0 radical (unpaired) electrons. The van der Waals surface area contributed by atoms with E-state index in [-0.39, 0.29) is 5.84 Å². The summed E-state index contributed by atoms with van der Waals surface area (Å²) in [6.07, 6.45) is 5.56. The Labute approximate surface area is 120 Å². The SMILES string of the molecule is Cc1ccnc(N2CCCN3CCCC3C2)c1C(=N)N. The molecule has 5 nitrogen and oxygen atoms in total. The number of nitrogens with one attached hydrogen (secondary N) is 1. The van der Waals surface area contributed by atoms with Gasteiger partial charge >= 0.3 is 0 Å². The maximum atomic E-state index is 7.84. The molecule has 1 aromatic heterocycles. The highest BCUT2D eigenvalue weighted by Crippen LogP contribution is 2.26. The Morgan fingerprint density at radius 1 is 1.35 bits per heavy atom. The number of hydrogen-bond acceptors (Lipinski definition) is 4. The summed E-state index contributed by atoms with van der Waals surface area (Å²) in [4.78, 5) is 9.46. The number of nitrogen functional groups attached to an aromatic ring is 1. The number of nitrogens with zero attached hydrogens (tertiary/aromatic N) is 3. The zero-order valence-electron chi connectivity index (χ0n) is 12.1. The molecule has 5 heteroatoms. The van der Waals surface area contributed by atoms with Crippen molar-refractivity contribution in [2.75, 3.05) is 31.1 Å². The number of amidine groups is 1. The van der Waals surface area contributed by atoms with Crippen LogP contribution >= 0.6 is 0 Å². The number of aromatic nitrogens is 1. The van der Waals surface area contributed by atoms with Gasteiger partial charge < -0.3 is 10.6 Å². The molecule has 2 fully saturated rings. The Bertz CT molecular complexity index is 513. The molecule has 2 aliphatic rings. The van der Waals surface area contributed by atoms with Crippen molar-refractivity contribution in [3.05, 3.63) is 23.4 Å². The second-order valence-electron chi connectivity index (χ2n) is 5.87. The Morgan fingerprint density at radius 2 is 2.15 bits per heavy atom. The first-order valence-corrected chi connectivity index (χ1v) is 7.46. The molecule has 2 saturated heterocycles. The van der Waals surface area contributed by atoms with Crippen molar-refractivity contribution < 1.29 is 0 Å². The summed E-state index contributed by atoms with van der Waals surface area (Å²) in [5.74, 6) is 1.02. The molecular formula is C15H23N5. The second kappa shape index (κ2) is 5.40. The number of aryl methyl sites for hydroxylation is 1. The summed E-state index contributed by atoms with van der Waals surface area (Å²) in [6, 6.07) is 2.57. The summed E-state index contributed by atoms with van der Waals surface area (Å²) in [6.45, 7) is 6.43. The van der Waals surface area contributed by atoms with Crippen LogP contribution in [0.5, 0.6) is 0 Å². The van der Waals surface area contributed by atoms with Crippen LogP contribution in [-0.2, 0) is 0 Å². The van der Waals surface area contributed by atoms with E-state index < -0.39 is 0 Å².